The second-order valence-electron chi connectivity index (χ2n) is 4.12. The van der Waals surface area contributed by atoms with Crippen LogP contribution in [0, 0.1) is 0 Å². The van der Waals surface area contributed by atoms with Crippen molar-refractivity contribution in [1.82, 2.24) is 0 Å². The number of rotatable bonds is 5. The summed E-state index contributed by atoms with van der Waals surface area (Å²) in [5, 5.41) is 0. The van der Waals surface area contributed by atoms with Crippen molar-refractivity contribution in [2.75, 3.05) is 14.2 Å². The van der Waals surface area contributed by atoms with Crippen molar-refractivity contribution in [3.05, 3.63) is 23.3 Å². The van der Waals surface area contributed by atoms with Gasteiger partial charge in [-0.2, -0.15) is 0 Å². The smallest absolute Gasteiger partial charge is 0.160 e. The average molecular weight is 210 g/mol. The van der Waals surface area contributed by atoms with Gasteiger partial charge >= 0.3 is 0 Å². The van der Waals surface area contributed by atoms with E-state index in [1.807, 2.05) is 0 Å². The van der Waals surface area contributed by atoms with Gasteiger partial charge in [0.2, 0.25) is 0 Å². The molecule has 2 heteroatoms. The van der Waals surface area contributed by atoms with Crippen molar-refractivity contribution < 1.29 is 9.47 Å². The van der Waals surface area contributed by atoms with Crippen LogP contribution in [-0.4, -0.2) is 20.5 Å². The van der Waals surface area contributed by atoms with Gasteiger partial charge in [0.25, 0.3) is 0 Å². The van der Waals surface area contributed by atoms with Crippen molar-refractivity contribution in [1.29, 1.82) is 0 Å². The molecule has 0 fully saturated rings. The van der Waals surface area contributed by atoms with Crippen molar-refractivity contribution in [3.8, 4) is 0 Å². The first-order valence-corrected chi connectivity index (χ1v) is 5.68. The number of hydrogen-bond acceptors (Lipinski definition) is 2. The predicted molar refractivity (Wildman–Crippen MR) is 62.7 cm³/mol. The van der Waals surface area contributed by atoms with Crippen LogP contribution in [0.3, 0.4) is 0 Å². The molecule has 15 heavy (non-hydrogen) atoms. The van der Waals surface area contributed by atoms with Gasteiger partial charge in [-0.25, -0.2) is 0 Å². The summed E-state index contributed by atoms with van der Waals surface area (Å²) in [5.41, 5.74) is 2.81. The molecule has 1 aliphatic rings. The molecule has 0 amide bonds. The van der Waals surface area contributed by atoms with Crippen LogP contribution >= 0.6 is 0 Å². The number of ether oxygens (including phenoxy) is 2. The highest BCUT2D eigenvalue weighted by molar-refractivity contribution is 5.24. The van der Waals surface area contributed by atoms with Gasteiger partial charge in [-0.15, -0.1) is 0 Å². The summed E-state index contributed by atoms with van der Waals surface area (Å²) in [6.07, 6.45) is 10.5. The molecule has 0 aromatic rings. The van der Waals surface area contributed by atoms with E-state index in [1.54, 1.807) is 14.2 Å². The SMILES string of the molecule is COC(C/C(C)=C/C1=CCCCC1)OC. The van der Waals surface area contributed by atoms with Crippen LogP contribution < -0.4 is 0 Å². The van der Waals surface area contributed by atoms with Crippen molar-refractivity contribution in [2.45, 2.75) is 45.3 Å². The number of methoxy groups -OCH3 is 2. The van der Waals surface area contributed by atoms with E-state index >= 15 is 0 Å². The van der Waals surface area contributed by atoms with Crippen LogP contribution in [0.2, 0.25) is 0 Å². The minimum Gasteiger partial charge on any atom is -0.356 e. The molecule has 0 spiro atoms. The lowest BCUT2D eigenvalue weighted by molar-refractivity contribution is -0.100. The molecule has 86 valence electrons. The Hall–Kier alpha value is -0.600. The molecule has 0 unspecified atom stereocenters. The van der Waals surface area contributed by atoms with E-state index in [0.29, 0.717) is 0 Å². The van der Waals surface area contributed by atoms with Crippen molar-refractivity contribution >= 4 is 0 Å². The van der Waals surface area contributed by atoms with Gasteiger partial charge < -0.3 is 9.47 Å². The van der Waals surface area contributed by atoms with Crippen LogP contribution in [0.4, 0.5) is 0 Å². The molecule has 2 nitrogen and oxygen atoms in total. The Morgan fingerprint density at radius 3 is 2.67 bits per heavy atom. The Morgan fingerprint density at radius 2 is 2.13 bits per heavy atom. The van der Waals surface area contributed by atoms with Gasteiger partial charge in [-0.3, -0.25) is 0 Å². The molecule has 1 rings (SSSR count). The fraction of sp³-hybridized carbons (Fsp3) is 0.692. The molecule has 0 saturated heterocycles. The summed E-state index contributed by atoms with van der Waals surface area (Å²) in [5.74, 6) is 0. The maximum absolute atomic E-state index is 5.18. The molecule has 0 N–H and O–H groups in total. The molecular weight excluding hydrogens is 188 g/mol. The Bertz CT molecular complexity index is 237. The van der Waals surface area contributed by atoms with E-state index in [4.69, 9.17) is 9.47 Å². The molecule has 0 aliphatic heterocycles. The fourth-order valence-corrected chi connectivity index (χ4v) is 1.90. The van der Waals surface area contributed by atoms with Crippen LogP contribution in [0.25, 0.3) is 0 Å². The maximum atomic E-state index is 5.18. The van der Waals surface area contributed by atoms with Crippen LogP contribution in [0.15, 0.2) is 23.3 Å². The monoisotopic (exact) mass is 210 g/mol. The third kappa shape index (κ3) is 4.63. The van der Waals surface area contributed by atoms with E-state index in [2.05, 4.69) is 19.1 Å². The lowest BCUT2D eigenvalue weighted by atomic mass is 9.97. The van der Waals surface area contributed by atoms with Gasteiger partial charge in [0.1, 0.15) is 0 Å². The highest BCUT2D eigenvalue weighted by atomic mass is 16.7. The van der Waals surface area contributed by atoms with Gasteiger partial charge in [-0.1, -0.05) is 23.3 Å². The van der Waals surface area contributed by atoms with Crippen molar-refractivity contribution in [3.63, 3.8) is 0 Å². The summed E-state index contributed by atoms with van der Waals surface area (Å²) < 4.78 is 10.4. The Morgan fingerprint density at radius 1 is 1.40 bits per heavy atom. The molecule has 0 aromatic heterocycles. The zero-order chi connectivity index (χ0) is 11.1. The van der Waals surface area contributed by atoms with Gasteiger partial charge in [0.15, 0.2) is 6.29 Å². The zero-order valence-corrected chi connectivity index (χ0v) is 10.1. The molecule has 0 radical (unpaired) electrons. The molecule has 0 aromatic carbocycles. The first-order valence-electron chi connectivity index (χ1n) is 5.68. The highest BCUT2D eigenvalue weighted by Crippen LogP contribution is 2.21. The maximum Gasteiger partial charge on any atom is 0.160 e. The normalized spacial score (nSPS) is 18.1. The van der Waals surface area contributed by atoms with Crippen LogP contribution in [0.1, 0.15) is 39.0 Å². The Balaban J connectivity index is 2.47. The first kappa shape index (κ1) is 12.5. The minimum absolute atomic E-state index is 0.106. The molecule has 0 heterocycles. The number of allylic oxidation sites excluding steroid dienone is 3. The summed E-state index contributed by atoms with van der Waals surface area (Å²) in [6.45, 7) is 2.14. The van der Waals surface area contributed by atoms with E-state index in [1.165, 1.54) is 36.8 Å². The van der Waals surface area contributed by atoms with Gasteiger partial charge in [0, 0.05) is 20.6 Å². The number of hydrogen-bond donors (Lipinski definition) is 0. The standard InChI is InChI=1S/C13H22O2/c1-11(10-13(14-2)15-3)9-12-7-5-4-6-8-12/h7,9,13H,4-6,8,10H2,1-3H3/b11-9+. The van der Waals surface area contributed by atoms with Crippen LogP contribution in [-0.2, 0) is 9.47 Å². The summed E-state index contributed by atoms with van der Waals surface area (Å²) in [4.78, 5) is 0. The third-order valence-electron chi connectivity index (χ3n) is 2.77. The second kappa shape index (κ2) is 6.81. The van der Waals surface area contributed by atoms with Crippen LogP contribution in [0.5, 0.6) is 0 Å². The van der Waals surface area contributed by atoms with E-state index in [0.717, 1.165) is 6.42 Å². The van der Waals surface area contributed by atoms with E-state index in [-0.39, 0.29) is 6.29 Å². The molecule has 0 atom stereocenters. The molecule has 0 saturated carbocycles. The van der Waals surface area contributed by atoms with E-state index in [9.17, 15) is 0 Å². The Kier molecular flexibility index (Phi) is 5.66. The third-order valence-corrected chi connectivity index (χ3v) is 2.77. The van der Waals surface area contributed by atoms with Gasteiger partial charge in [-0.05, 0) is 32.6 Å². The van der Waals surface area contributed by atoms with Crippen molar-refractivity contribution in [2.24, 2.45) is 0 Å². The fourth-order valence-electron chi connectivity index (χ4n) is 1.90. The zero-order valence-electron chi connectivity index (χ0n) is 10.1. The Labute approximate surface area is 93.0 Å². The lowest BCUT2D eigenvalue weighted by Crippen LogP contribution is -2.13. The largest absolute Gasteiger partial charge is 0.356 e. The molecule has 1 aliphatic carbocycles. The topological polar surface area (TPSA) is 18.5 Å². The average Bonchev–Trinajstić information content (AvgIpc) is 2.27. The quantitative estimate of drug-likeness (QED) is 0.647. The molecule has 0 bridgehead atoms. The first-order chi connectivity index (χ1) is 7.26. The summed E-state index contributed by atoms with van der Waals surface area (Å²) in [7, 11) is 3.36. The molecular formula is C13H22O2. The second-order valence-corrected chi connectivity index (χ2v) is 4.12. The minimum atomic E-state index is -0.106. The van der Waals surface area contributed by atoms with E-state index < -0.39 is 0 Å². The predicted octanol–water partition coefficient (Wildman–Crippen LogP) is 3.44. The lowest BCUT2D eigenvalue weighted by Gasteiger charge is -2.15. The summed E-state index contributed by atoms with van der Waals surface area (Å²) in [6, 6.07) is 0. The summed E-state index contributed by atoms with van der Waals surface area (Å²) >= 11 is 0. The van der Waals surface area contributed by atoms with Gasteiger partial charge in [0.05, 0.1) is 0 Å². The highest BCUT2D eigenvalue weighted by Gasteiger charge is 2.07.